The summed E-state index contributed by atoms with van der Waals surface area (Å²) in [6, 6.07) is 2.68. The minimum absolute atomic E-state index is 0.337. The standard InChI is InChI=1S/C18H28N4O/c1-2-5-14(6-3-1)20-18-21-16(13-8-9-13)11-17(22-18)19-12-15-7-4-10-23-15/h11,13-15H,1-10,12H2,(H2,19,20,21,22)/t15-/m1/s1. The number of rotatable bonds is 6. The summed E-state index contributed by atoms with van der Waals surface area (Å²) in [7, 11) is 0. The van der Waals surface area contributed by atoms with Crippen LogP contribution in [0.4, 0.5) is 11.8 Å². The van der Waals surface area contributed by atoms with Crippen molar-refractivity contribution < 1.29 is 4.74 Å². The Morgan fingerprint density at radius 2 is 1.87 bits per heavy atom. The van der Waals surface area contributed by atoms with Gasteiger partial charge in [0, 0.05) is 31.2 Å². The van der Waals surface area contributed by atoms with Gasteiger partial charge < -0.3 is 15.4 Å². The normalized spacial score (nSPS) is 25.5. The highest BCUT2D eigenvalue weighted by Gasteiger charge is 2.27. The van der Waals surface area contributed by atoms with Gasteiger partial charge in [-0.2, -0.15) is 4.98 Å². The van der Waals surface area contributed by atoms with E-state index in [1.165, 1.54) is 57.1 Å². The van der Waals surface area contributed by atoms with Gasteiger partial charge in [0.15, 0.2) is 0 Å². The Hall–Kier alpha value is -1.36. The molecule has 0 unspecified atom stereocenters. The van der Waals surface area contributed by atoms with Crippen LogP contribution in [0.2, 0.25) is 0 Å². The van der Waals surface area contributed by atoms with Crippen LogP contribution in [0.5, 0.6) is 0 Å². The van der Waals surface area contributed by atoms with Gasteiger partial charge in [0.1, 0.15) is 5.82 Å². The van der Waals surface area contributed by atoms with Crippen LogP contribution in [0.1, 0.15) is 69.4 Å². The Balaban J connectivity index is 1.43. The minimum atomic E-state index is 0.337. The highest BCUT2D eigenvalue weighted by Crippen LogP contribution is 2.40. The first kappa shape index (κ1) is 15.2. The van der Waals surface area contributed by atoms with Gasteiger partial charge >= 0.3 is 0 Å². The first-order valence-electron chi connectivity index (χ1n) is 9.38. The lowest BCUT2D eigenvalue weighted by Gasteiger charge is -2.23. The molecular weight excluding hydrogens is 288 g/mol. The first-order valence-corrected chi connectivity index (χ1v) is 9.38. The highest BCUT2D eigenvalue weighted by atomic mass is 16.5. The molecule has 2 heterocycles. The number of hydrogen-bond acceptors (Lipinski definition) is 5. The molecule has 0 bridgehead atoms. The second-order valence-corrected chi connectivity index (χ2v) is 7.27. The first-order chi connectivity index (χ1) is 11.4. The minimum Gasteiger partial charge on any atom is -0.376 e. The van der Waals surface area contributed by atoms with Crippen molar-refractivity contribution in [3.05, 3.63) is 11.8 Å². The molecule has 0 spiro atoms. The van der Waals surface area contributed by atoms with Crippen LogP contribution in [-0.4, -0.2) is 35.3 Å². The van der Waals surface area contributed by atoms with E-state index in [0.29, 0.717) is 18.1 Å². The summed E-state index contributed by atoms with van der Waals surface area (Å²) >= 11 is 0. The van der Waals surface area contributed by atoms with Crippen LogP contribution in [0, 0.1) is 0 Å². The second-order valence-electron chi connectivity index (χ2n) is 7.27. The van der Waals surface area contributed by atoms with Crippen molar-refractivity contribution in [2.24, 2.45) is 0 Å². The molecule has 3 fully saturated rings. The van der Waals surface area contributed by atoms with E-state index in [4.69, 9.17) is 14.7 Å². The third-order valence-electron chi connectivity index (χ3n) is 5.21. The average molecular weight is 316 g/mol. The number of hydrogen-bond donors (Lipinski definition) is 2. The van der Waals surface area contributed by atoms with E-state index in [-0.39, 0.29) is 0 Å². The molecule has 1 aromatic heterocycles. The molecule has 23 heavy (non-hydrogen) atoms. The fourth-order valence-electron chi connectivity index (χ4n) is 3.66. The summed E-state index contributed by atoms with van der Waals surface area (Å²) in [6.07, 6.45) is 11.7. The van der Waals surface area contributed by atoms with E-state index in [9.17, 15) is 0 Å². The summed E-state index contributed by atoms with van der Waals surface area (Å²) in [6.45, 7) is 1.75. The predicted octanol–water partition coefficient (Wildman–Crippen LogP) is 3.69. The molecule has 5 nitrogen and oxygen atoms in total. The zero-order valence-corrected chi connectivity index (χ0v) is 13.9. The largest absolute Gasteiger partial charge is 0.376 e. The molecule has 0 aromatic carbocycles. The average Bonchev–Trinajstić information content (AvgIpc) is 3.30. The number of aromatic nitrogens is 2. The number of anilines is 2. The fraction of sp³-hybridized carbons (Fsp3) is 0.778. The van der Waals surface area contributed by atoms with Gasteiger partial charge in [0.25, 0.3) is 0 Å². The monoisotopic (exact) mass is 316 g/mol. The summed E-state index contributed by atoms with van der Waals surface area (Å²) in [5.74, 6) is 2.42. The SMILES string of the molecule is c1c(NC[C@H]2CCCO2)nc(NC2CCCCC2)nc1C1CC1. The van der Waals surface area contributed by atoms with Crippen LogP contribution in [0.3, 0.4) is 0 Å². The lowest BCUT2D eigenvalue weighted by Crippen LogP contribution is -2.24. The van der Waals surface area contributed by atoms with E-state index in [0.717, 1.165) is 31.3 Å². The molecule has 5 heteroatoms. The predicted molar refractivity (Wildman–Crippen MR) is 92.0 cm³/mol. The third-order valence-corrected chi connectivity index (χ3v) is 5.21. The maximum Gasteiger partial charge on any atom is 0.225 e. The Kier molecular flexibility index (Phi) is 4.64. The molecule has 1 saturated heterocycles. The molecule has 1 atom stereocenters. The topological polar surface area (TPSA) is 59.1 Å². The van der Waals surface area contributed by atoms with Gasteiger partial charge in [-0.25, -0.2) is 4.98 Å². The van der Waals surface area contributed by atoms with Gasteiger partial charge in [0.05, 0.1) is 11.8 Å². The summed E-state index contributed by atoms with van der Waals surface area (Å²) in [5, 5.41) is 7.05. The molecule has 4 rings (SSSR count). The number of nitrogens with zero attached hydrogens (tertiary/aromatic N) is 2. The molecule has 3 aliphatic rings. The van der Waals surface area contributed by atoms with E-state index >= 15 is 0 Å². The van der Waals surface area contributed by atoms with Crippen LogP contribution in [0.15, 0.2) is 6.07 Å². The van der Waals surface area contributed by atoms with Crippen molar-refractivity contribution in [1.29, 1.82) is 0 Å². The molecule has 0 radical (unpaired) electrons. The van der Waals surface area contributed by atoms with Gasteiger partial charge in [-0.05, 0) is 38.5 Å². The van der Waals surface area contributed by atoms with Crippen molar-refractivity contribution in [2.45, 2.75) is 75.9 Å². The van der Waals surface area contributed by atoms with Crippen molar-refractivity contribution in [3.8, 4) is 0 Å². The summed E-state index contributed by atoms with van der Waals surface area (Å²) in [5.41, 5.74) is 1.20. The van der Waals surface area contributed by atoms with Crippen molar-refractivity contribution in [3.63, 3.8) is 0 Å². The Morgan fingerprint density at radius 3 is 2.61 bits per heavy atom. The smallest absolute Gasteiger partial charge is 0.225 e. The number of nitrogens with one attached hydrogen (secondary N) is 2. The molecule has 126 valence electrons. The van der Waals surface area contributed by atoms with Crippen LogP contribution in [-0.2, 0) is 4.74 Å². The van der Waals surface area contributed by atoms with Crippen LogP contribution < -0.4 is 10.6 Å². The van der Waals surface area contributed by atoms with Crippen molar-refractivity contribution in [1.82, 2.24) is 9.97 Å². The van der Waals surface area contributed by atoms with Crippen molar-refractivity contribution in [2.75, 3.05) is 23.8 Å². The fourth-order valence-corrected chi connectivity index (χ4v) is 3.66. The lowest BCUT2D eigenvalue weighted by molar-refractivity contribution is 0.120. The Bertz CT molecular complexity index is 520. The van der Waals surface area contributed by atoms with Crippen molar-refractivity contribution >= 4 is 11.8 Å². The van der Waals surface area contributed by atoms with E-state index in [1.807, 2.05) is 0 Å². The maximum atomic E-state index is 5.69. The molecular formula is C18H28N4O. The second kappa shape index (κ2) is 7.04. The van der Waals surface area contributed by atoms with E-state index in [1.54, 1.807) is 0 Å². The zero-order chi connectivity index (χ0) is 15.5. The number of ether oxygens (including phenoxy) is 1. The molecule has 2 saturated carbocycles. The quantitative estimate of drug-likeness (QED) is 0.838. The molecule has 2 N–H and O–H groups in total. The van der Waals surface area contributed by atoms with Crippen LogP contribution >= 0.6 is 0 Å². The van der Waals surface area contributed by atoms with E-state index in [2.05, 4.69) is 16.7 Å². The maximum absolute atomic E-state index is 5.69. The van der Waals surface area contributed by atoms with E-state index < -0.39 is 0 Å². The highest BCUT2D eigenvalue weighted by molar-refractivity contribution is 5.44. The zero-order valence-electron chi connectivity index (χ0n) is 13.9. The Morgan fingerprint density at radius 1 is 1.00 bits per heavy atom. The Labute approximate surface area is 138 Å². The molecule has 1 aliphatic heterocycles. The van der Waals surface area contributed by atoms with Crippen LogP contribution in [0.25, 0.3) is 0 Å². The third kappa shape index (κ3) is 4.14. The lowest BCUT2D eigenvalue weighted by atomic mass is 9.96. The molecule has 0 amide bonds. The molecule has 2 aliphatic carbocycles. The summed E-state index contributed by atoms with van der Waals surface area (Å²) in [4.78, 5) is 9.49. The van der Waals surface area contributed by atoms with Gasteiger partial charge in [-0.3, -0.25) is 0 Å². The molecule has 1 aromatic rings. The summed E-state index contributed by atoms with van der Waals surface area (Å²) < 4.78 is 5.69. The van der Waals surface area contributed by atoms with Gasteiger partial charge in [-0.15, -0.1) is 0 Å². The van der Waals surface area contributed by atoms with Gasteiger partial charge in [0.2, 0.25) is 5.95 Å². The van der Waals surface area contributed by atoms with Gasteiger partial charge in [-0.1, -0.05) is 19.3 Å².